The van der Waals surface area contributed by atoms with Crippen molar-refractivity contribution < 1.29 is 32.2 Å². The topological polar surface area (TPSA) is 74.9 Å². The molecular weight excluding hydrogens is 317 g/mol. The second-order valence-electron chi connectivity index (χ2n) is 5.35. The second kappa shape index (κ2) is 6.79. The summed E-state index contributed by atoms with van der Waals surface area (Å²) in [6.07, 6.45) is -5.65. The van der Waals surface area contributed by atoms with Crippen molar-refractivity contribution in [2.24, 2.45) is 0 Å². The van der Waals surface area contributed by atoms with Gasteiger partial charge < -0.3 is 24.5 Å². The molecular formula is C14H19F3N2O4. The van der Waals surface area contributed by atoms with Crippen LogP contribution in [0.1, 0.15) is 17.9 Å². The lowest BCUT2D eigenvalue weighted by atomic mass is 9.96. The number of nitrogens with zero attached hydrogens (tertiary/aromatic N) is 1. The molecule has 2 heterocycles. The highest BCUT2D eigenvalue weighted by atomic mass is 19.4. The summed E-state index contributed by atoms with van der Waals surface area (Å²) in [6, 6.07) is 1.96. The van der Waals surface area contributed by atoms with E-state index in [0.29, 0.717) is 26.3 Å². The Morgan fingerprint density at radius 3 is 2.52 bits per heavy atom. The van der Waals surface area contributed by atoms with E-state index in [2.05, 4.69) is 5.32 Å². The van der Waals surface area contributed by atoms with E-state index >= 15 is 0 Å². The Kier molecular flexibility index (Phi) is 5.20. The van der Waals surface area contributed by atoms with Crippen LogP contribution in [-0.4, -0.2) is 55.1 Å². The Hall–Kier alpha value is -1.74. The number of furan rings is 1. The SMILES string of the molecule is Cc1ccc([C@](O)(CCNC(=O)N2CCOCC2)C(F)(F)F)o1. The van der Waals surface area contributed by atoms with Crippen LogP contribution in [0.3, 0.4) is 0 Å². The van der Waals surface area contributed by atoms with Crippen LogP contribution in [-0.2, 0) is 10.3 Å². The van der Waals surface area contributed by atoms with Gasteiger partial charge in [0.05, 0.1) is 13.2 Å². The highest BCUT2D eigenvalue weighted by Crippen LogP contribution is 2.41. The number of nitrogens with one attached hydrogen (secondary N) is 1. The van der Waals surface area contributed by atoms with Crippen molar-refractivity contribution in [3.63, 3.8) is 0 Å². The smallest absolute Gasteiger partial charge is 0.424 e. The molecule has 0 spiro atoms. The Balaban J connectivity index is 1.98. The zero-order valence-electron chi connectivity index (χ0n) is 12.7. The standard InChI is InChI=1S/C14H19F3N2O4/c1-10-2-3-11(23-10)13(21,14(15,16)17)4-5-18-12(20)19-6-8-22-9-7-19/h2-3,21H,4-9H2,1H3,(H,18,20)/t13-/m1/s1. The molecule has 0 bridgehead atoms. The molecule has 6 nitrogen and oxygen atoms in total. The van der Waals surface area contributed by atoms with E-state index in [1.54, 1.807) is 0 Å². The van der Waals surface area contributed by atoms with Crippen LogP contribution in [0.5, 0.6) is 0 Å². The molecule has 1 fully saturated rings. The number of carbonyl (C=O) groups is 1. The first-order chi connectivity index (χ1) is 10.7. The maximum Gasteiger partial charge on any atom is 0.424 e. The van der Waals surface area contributed by atoms with Crippen molar-refractivity contribution in [1.29, 1.82) is 0 Å². The molecule has 130 valence electrons. The number of amides is 2. The normalized spacial score (nSPS) is 18.6. The number of halogens is 3. The van der Waals surface area contributed by atoms with Gasteiger partial charge in [0.15, 0.2) is 0 Å². The summed E-state index contributed by atoms with van der Waals surface area (Å²) in [7, 11) is 0. The largest absolute Gasteiger partial charge is 0.463 e. The Morgan fingerprint density at radius 2 is 2.00 bits per heavy atom. The summed E-state index contributed by atoms with van der Waals surface area (Å²) in [6.45, 7) is 2.70. The summed E-state index contributed by atoms with van der Waals surface area (Å²) < 4.78 is 49.7. The monoisotopic (exact) mass is 336 g/mol. The van der Waals surface area contributed by atoms with Crippen molar-refractivity contribution in [3.8, 4) is 0 Å². The zero-order valence-corrected chi connectivity index (χ0v) is 12.7. The maximum atomic E-state index is 13.2. The summed E-state index contributed by atoms with van der Waals surface area (Å²) in [4.78, 5) is 13.3. The third-order valence-corrected chi connectivity index (χ3v) is 3.68. The average molecular weight is 336 g/mol. The number of urea groups is 1. The lowest BCUT2D eigenvalue weighted by Gasteiger charge is -2.30. The Bertz CT molecular complexity index is 540. The number of aryl methyl sites for hydroxylation is 1. The highest BCUT2D eigenvalue weighted by molar-refractivity contribution is 5.74. The van der Waals surface area contributed by atoms with Gasteiger partial charge in [-0.15, -0.1) is 0 Å². The predicted octanol–water partition coefficient (Wildman–Crippen LogP) is 1.77. The van der Waals surface area contributed by atoms with Gasteiger partial charge >= 0.3 is 12.2 Å². The van der Waals surface area contributed by atoms with E-state index in [4.69, 9.17) is 9.15 Å². The number of alkyl halides is 3. The molecule has 1 aliphatic heterocycles. The lowest BCUT2D eigenvalue weighted by molar-refractivity contribution is -0.274. The summed E-state index contributed by atoms with van der Waals surface area (Å²) >= 11 is 0. The highest BCUT2D eigenvalue weighted by Gasteiger charge is 2.56. The van der Waals surface area contributed by atoms with Crippen molar-refractivity contribution in [3.05, 3.63) is 23.7 Å². The minimum atomic E-state index is -4.92. The lowest BCUT2D eigenvalue weighted by Crippen LogP contribution is -2.49. The Morgan fingerprint density at radius 1 is 1.35 bits per heavy atom. The van der Waals surface area contributed by atoms with Crippen LogP contribution < -0.4 is 5.32 Å². The van der Waals surface area contributed by atoms with Gasteiger partial charge in [-0.3, -0.25) is 0 Å². The van der Waals surface area contributed by atoms with Crippen LogP contribution in [0, 0.1) is 6.92 Å². The molecule has 23 heavy (non-hydrogen) atoms. The van der Waals surface area contributed by atoms with Gasteiger partial charge in [-0.05, 0) is 19.1 Å². The number of morpholine rings is 1. The predicted molar refractivity (Wildman–Crippen MR) is 73.8 cm³/mol. The molecule has 0 unspecified atom stereocenters. The molecule has 2 rings (SSSR count). The molecule has 1 aromatic rings. The van der Waals surface area contributed by atoms with Gasteiger partial charge in [0.2, 0.25) is 5.60 Å². The van der Waals surface area contributed by atoms with Gasteiger partial charge in [-0.25, -0.2) is 4.79 Å². The van der Waals surface area contributed by atoms with Crippen molar-refractivity contribution in [1.82, 2.24) is 10.2 Å². The molecule has 0 aromatic carbocycles. The fraction of sp³-hybridized carbons (Fsp3) is 0.643. The van der Waals surface area contributed by atoms with Crippen molar-refractivity contribution in [2.45, 2.75) is 25.1 Å². The van der Waals surface area contributed by atoms with E-state index in [-0.39, 0.29) is 12.3 Å². The molecule has 1 saturated heterocycles. The van der Waals surface area contributed by atoms with Gasteiger partial charge in [0.1, 0.15) is 11.5 Å². The molecule has 1 aromatic heterocycles. The molecule has 9 heteroatoms. The van der Waals surface area contributed by atoms with Gasteiger partial charge in [-0.1, -0.05) is 0 Å². The van der Waals surface area contributed by atoms with Gasteiger partial charge in [0, 0.05) is 26.1 Å². The minimum absolute atomic E-state index is 0.264. The molecule has 2 amide bonds. The number of hydrogen-bond acceptors (Lipinski definition) is 4. The molecule has 1 atom stereocenters. The second-order valence-corrected chi connectivity index (χ2v) is 5.35. The van der Waals surface area contributed by atoms with E-state index in [1.165, 1.54) is 17.9 Å². The molecule has 0 aliphatic carbocycles. The summed E-state index contributed by atoms with van der Waals surface area (Å²) in [5.74, 6) is -0.317. The average Bonchev–Trinajstić information content (AvgIpc) is 2.93. The van der Waals surface area contributed by atoms with E-state index in [1.807, 2.05) is 0 Å². The minimum Gasteiger partial charge on any atom is -0.463 e. The summed E-state index contributed by atoms with van der Waals surface area (Å²) in [5, 5.41) is 12.4. The first-order valence-corrected chi connectivity index (χ1v) is 7.20. The quantitative estimate of drug-likeness (QED) is 0.879. The van der Waals surface area contributed by atoms with Crippen molar-refractivity contribution >= 4 is 6.03 Å². The van der Waals surface area contributed by atoms with E-state index < -0.39 is 30.0 Å². The molecule has 0 saturated carbocycles. The molecule has 2 N–H and O–H groups in total. The van der Waals surface area contributed by atoms with Crippen LogP contribution >= 0.6 is 0 Å². The fourth-order valence-corrected chi connectivity index (χ4v) is 2.29. The van der Waals surface area contributed by atoms with E-state index in [0.717, 1.165) is 6.07 Å². The maximum absolute atomic E-state index is 13.2. The van der Waals surface area contributed by atoms with E-state index in [9.17, 15) is 23.1 Å². The van der Waals surface area contributed by atoms with Gasteiger partial charge in [-0.2, -0.15) is 13.2 Å². The zero-order chi connectivity index (χ0) is 17.1. The van der Waals surface area contributed by atoms with Crippen LogP contribution in [0.2, 0.25) is 0 Å². The van der Waals surface area contributed by atoms with Gasteiger partial charge in [0.25, 0.3) is 0 Å². The third kappa shape index (κ3) is 3.97. The van der Waals surface area contributed by atoms with Crippen LogP contribution in [0.15, 0.2) is 16.5 Å². The first-order valence-electron chi connectivity index (χ1n) is 7.20. The van der Waals surface area contributed by atoms with Crippen LogP contribution in [0.4, 0.5) is 18.0 Å². The summed E-state index contributed by atoms with van der Waals surface area (Å²) in [5.41, 5.74) is -3.14. The van der Waals surface area contributed by atoms with Crippen molar-refractivity contribution in [2.75, 3.05) is 32.8 Å². The first kappa shape index (κ1) is 17.6. The number of ether oxygens (including phenoxy) is 1. The number of hydrogen-bond donors (Lipinski definition) is 2. The Labute approximate surface area is 131 Å². The number of rotatable bonds is 4. The molecule has 1 aliphatic rings. The van der Waals surface area contributed by atoms with Crippen LogP contribution in [0.25, 0.3) is 0 Å². The number of aliphatic hydroxyl groups is 1. The third-order valence-electron chi connectivity index (χ3n) is 3.68. The fourth-order valence-electron chi connectivity index (χ4n) is 2.29. The number of carbonyl (C=O) groups excluding carboxylic acids is 1. The molecule has 0 radical (unpaired) electrons.